The van der Waals surface area contributed by atoms with Crippen molar-refractivity contribution in [3.63, 3.8) is 0 Å². The third-order valence-electron chi connectivity index (χ3n) is 5.10. The normalized spacial score (nSPS) is 13.0. The van der Waals surface area contributed by atoms with Crippen LogP contribution in [0.1, 0.15) is 39.0 Å². The average Bonchev–Trinajstić information content (AvgIpc) is 3.18. The summed E-state index contributed by atoms with van der Waals surface area (Å²) in [4.78, 5) is 13.0. The molecule has 3 aromatic rings. The molecule has 1 aromatic heterocycles. The fourth-order valence-electron chi connectivity index (χ4n) is 3.41. The number of aryl methyl sites for hydroxylation is 2. The van der Waals surface area contributed by atoms with Crippen LogP contribution in [0.15, 0.2) is 42.5 Å². The maximum atomic E-state index is 13.7. The lowest BCUT2D eigenvalue weighted by atomic mass is 10.00. The van der Waals surface area contributed by atoms with E-state index in [0.29, 0.717) is 22.7 Å². The summed E-state index contributed by atoms with van der Waals surface area (Å²) in [5.41, 5.74) is 3.11. The van der Waals surface area contributed by atoms with Crippen molar-refractivity contribution < 1.29 is 18.7 Å². The highest BCUT2D eigenvalue weighted by Gasteiger charge is 2.24. The van der Waals surface area contributed by atoms with Gasteiger partial charge >= 0.3 is 0 Å². The number of aliphatic hydroxyl groups excluding tert-OH is 1. The number of hydrogen-bond acceptors (Lipinski definition) is 6. The summed E-state index contributed by atoms with van der Waals surface area (Å²) < 4.78 is 31.1. The maximum absolute atomic E-state index is 13.7. The Hall–Kier alpha value is -2.75. The summed E-state index contributed by atoms with van der Waals surface area (Å²) in [6.45, 7) is 4.47. The number of amides is 1. The van der Waals surface area contributed by atoms with Gasteiger partial charge in [-0.1, -0.05) is 35.7 Å². The second-order valence-electron chi connectivity index (χ2n) is 7.62. The van der Waals surface area contributed by atoms with Crippen LogP contribution in [0.5, 0.6) is 0 Å². The minimum absolute atomic E-state index is 0.0554. The lowest BCUT2D eigenvalue weighted by molar-refractivity contribution is 0.0833. The number of aliphatic hydroxyl groups is 1. The van der Waals surface area contributed by atoms with Gasteiger partial charge in [0.25, 0.3) is 5.91 Å². The Bertz CT molecular complexity index is 1040. The van der Waals surface area contributed by atoms with E-state index >= 15 is 0 Å². The minimum atomic E-state index is -0.999. The van der Waals surface area contributed by atoms with E-state index in [2.05, 4.69) is 39.3 Å². The second-order valence-corrected chi connectivity index (χ2v) is 8.38. The van der Waals surface area contributed by atoms with Crippen molar-refractivity contribution in [2.45, 2.75) is 45.4 Å². The predicted molar refractivity (Wildman–Crippen MR) is 119 cm³/mol. The van der Waals surface area contributed by atoms with E-state index in [1.54, 1.807) is 6.92 Å². The van der Waals surface area contributed by atoms with Gasteiger partial charge < -0.3 is 15.7 Å². The first-order valence-corrected chi connectivity index (χ1v) is 11.1. The van der Waals surface area contributed by atoms with E-state index in [1.807, 2.05) is 12.1 Å². The van der Waals surface area contributed by atoms with Crippen LogP contribution in [0.2, 0.25) is 0 Å². The molecule has 170 valence electrons. The molecule has 0 aliphatic carbocycles. The second kappa shape index (κ2) is 11.2. The molecule has 1 heterocycles. The maximum Gasteiger partial charge on any atom is 0.265 e. The lowest BCUT2D eigenvalue weighted by Crippen LogP contribution is -2.48. The molecule has 0 fully saturated rings. The molecule has 32 heavy (non-hydrogen) atoms. The van der Waals surface area contributed by atoms with Gasteiger partial charge in [-0.2, -0.15) is 0 Å². The Morgan fingerprint density at radius 2 is 1.84 bits per heavy atom. The van der Waals surface area contributed by atoms with E-state index in [-0.39, 0.29) is 13.0 Å². The largest absolute Gasteiger partial charge is 0.390 e. The molecule has 0 spiro atoms. The Morgan fingerprint density at radius 1 is 1.12 bits per heavy atom. The van der Waals surface area contributed by atoms with Crippen LogP contribution in [0.4, 0.5) is 8.78 Å². The van der Waals surface area contributed by atoms with Crippen molar-refractivity contribution in [1.29, 1.82) is 0 Å². The zero-order chi connectivity index (χ0) is 23.1. The highest BCUT2D eigenvalue weighted by molar-refractivity contribution is 7.08. The molecule has 0 aliphatic heterocycles. The molecule has 0 aliphatic rings. The zero-order valence-corrected chi connectivity index (χ0v) is 18.8. The third-order valence-corrected chi connectivity index (χ3v) is 5.93. The SMILES string of the molecule is CCc1cccc(CNC[C@H](O)[C@H](Cc2cc(F)cc(F)c2)NC(=O)c2snnc2C)c1. The zero-order valence-electron chi connectivity index (χ0n) is 17.9. The molecule has 3 rings (SSSR count). The van der Waals surface area contributed by atoms with Crippen LogP contribution in [-0.4, -0.2) is 39.3 Å². The molecule has 0 unspecified atom stereocenters. The molecule has 9 heteroatoms. The van der Waals surface area contributed by atoms with Crippen LogP contribution < -0.4 is 10.6 Å². The van der Waals surface area contributed by atoms with Gasteiger partial charge in [0.15, 0.2) is 0 Å². The molecule has 0 bridgehead atoms. The lowest BCUT2D eigenvalue weighted by Gasteiger charge is -2.25. The molecule has 0 saturated heterocycles. The number of benzene rings is 2. The highest BCUT2D eigenvalue weighted by atomic mass is 32.1. The van der Waals surface area contributed by atoms with Crippen LogP contribution in [0.25, 0.3) is 0 Å². The standard InChI is InChI=1S/C23H26F2N4O2S/c1-3-15-5-4-6-16(7-15)12-26-13-21(30)20(10-17-8-18(24)11-19(25)9-17)27-23(31)22-14(2)28-29-32-22/h4-9,11,20-21,26,30H,3,10,12-13H2,1-2H3,(H,27,31)/t20-,21-/m0/s1. The van der Waals surface area contributed by atoms with E-state index in [1.165, 1.54) is 17.7 Å². The predicted octanol–water partition coefficient (Wildman–Crippen LogP) is 3.18. The van der Waals surface area contributed by atoms with Gasteiger partial charge in [0.1, 0.15) is 16.5 Å². The van der Waals surface area contributed by atoms with Gasteiger partial charge in [-0.05, 0) is 60.1 Å². The number of halogens is 2. The van der Waals surface area contributed by atoms with Crippen molar-refractivity contribution in [2.24, 2.45) is 0 Å². The molecule has 0 saturated carbocycles. The molecule has 2 aromatic carbocycles. The fourth-order valence-corrected chi connectivity index (χ4v) is 3.97. The molecule has 3 N–H and O–H groups in total. The molecule has 6 nitrogen and oxygen atoms in total. The first-order chi connectivity index (χ1) is 15.4. The molecule has 1 amide bonds. The van der Waals surface area contributed by atoms with Crippen LogP contribution in [-0.2, 0) is 19.4 Å². The molecule has 0 radical (unpaired) electrons. The summed E-state index contributed by atoms with van der Waals surface area (Å²) in [6, 6.07) is 10.5. The van der Waals surface area contributed by atoms with Crippen molar-refractivity contribution in [3.8, 4) is 0 Å². The number of carbonyl (C=O) groups is 1. The van der Waals surface area contributed by atoms with E-state index < -0.39 is 29.7 Å². The van der Waals surface area contributed by atoms with Gasteiger partial charge in [0.2, 0.25) is 0 Å². The topological polar surface area (TPSA) is 87.1 Å². The third kappa shape index (κ3) is 6.62. The summed E-state index contributed by atoms with van der Waals surface area (Å²) in [5.74, 6) is -1.86. The molecular formula is C23H26F2N4O2S. The van der Waals surface area contributed by atoms with Crippen molar-refractivity contribution in [2.75, 3.05) is 6.54 Å². The summed E-state index contributed by atoms with van der Waals surface area (Å²) >= 11 is 0.951. The van der Waals surface area contributed by atoms with Crippen molar-refractivity contribution in [3.05, 3.63) is 81.4 Å². The average molecular weight is 461 g/mol. The van der Waals surface area contributed by atoms with Gasteiger partial charge in [-0.15, -0.1) is 5.10 Å². The Kier molecular flexibility index (Phi) is 8.38. The van der Waals surface area contributed by atoms with E-state index in [0.717, 1.165) is 29.6 Å². The quantitative estimate of drug-likeness (QED) is 0.433. The number of hydrogen-bond donors (Lipinski definition) is 3. The van der Waals surface area contributed by atoms with Gasteiger partial charge in [0, 0.05) is 19.2 Å². The first kappa shape index (κ1) is 23.9. The van der Waals surface area contributed by atoms with Gasteiger partial charge in [0.05, 0.1) is 17.8 Å². The number of aromatic nitrogens is 2. The summed E-state index contributed by atoms with van der Waals surface area (Å²) in [7, 11) is 0. The monoisotopic (exact) mass is 460 g/mol. The summed E-state index contributed by atoms with van der Waals surface area (Å²) in [5, 5.41) is 20.6. The summed E-state index contributed by atoms with van der Waals surface area (Å²) in [6.07, 6.45) is -0.0126. The Labute approximate surface area is 189 Å². The highest BCUT2D eigenvalue weighted by Crippen LogP contribution is 2.14. The van der Waals surface area contributed by atoms with Gasteiger partial charge in [-0.25, -0.2) is 8.78 Å². The van der Waals surface area contributed by atoms with Crippen LogP contribution in [0, 0.1) is 18.6 Å². The molecular weight excluding hydrogens is 434 g/mol. The Balaban J connectivity index is 1.69. The number of nitrogens with one attached hydrogen (secondary N) is 2. The fraction of sp³-hybridized carbons (Fsp3) is 0.348. The van der Waals surface area contributed by atoms with Crippen LogP contribution >= 0.6 is 11.5 Å². The van der Waals surface area contributed by atoms with Gasteiger partial charge in [-0.3, -0.25) is 4.79 Å². The van der Waals surface area contributed by atoms with Crippen molar-refractivity contribution >= 4 is 17.4 Å². The van der Waals surface area contributed by atoms with E-state index in [4.69, 9.17) is 0 Å². The molecule has 2 atom stereocenters. The van der Waals surface area contributed by atoms with Crippen molar-refractivity contribution in [1.82, 2.24) is 20.2 Å². The smallest absolute Gasteiger partial charge is 0.265 e. The minimum Gasteiger partial charge on any atom is -0.390 e. The number of carbonyl (C=O) groups excluding carboxylic acids is 1. The number of rotatable bonds is 10. The Morgan fingerprint density at radius 3 is 2.50 bits per heavy atom. The number of nitrogens with zero attached hydrogens (tertiary/aromatic N) is 2. The first-order valence-electron chi connectivity index (χ1n) is 10.4. The van der Waals surface area contributed by atoms with E-state index in [9.17, 15) is 18.7 Å². The van der Waals surface area contributed by atoms with Crippen LogP contribution in [0.3, 0.4) is 0 Å².